The molecule has 0 aromatic heterocycles. The van der Waals surface area contributed by atoms with Gasteiger partial charge in [-0.05, 0) is 11.0 Å². The Morgan fingerprint density at radius 1 is 0.667 bits per heavy atom. The summed E-state index contributed by atoms with van der Waals surface area (Å²) >= 11 is 0. The molecule has 12 heavy (non-hydrogen) atoms. The molecule has 0 spiro atoms. The van der Waals surface area contributed by atoms with E-state index in [9.17, 15) is 0 Å². The lowest BCUT2D eigenvalue weighted by Gasteiger charge is -1.69. The van der Waals surface area contributed by atoms with Crippen LogP contribution in [0.5, 0.6) is 0 Å². The van der Waals surface area contributed by atoms with Crippen molar-refractivity contribution >= 4 is 35.8 Å². The number of rotatable bonds is 0. The minimum atomic E-state index is 0. The normalized spacial score (nSPS) is 5.50. The summed E-state index contributed by atoms with van der Waals surface area (Å²) in [6.45, 7) is 4.25. The molecule has 0 aliphatic heterocycles. The van der Waals surface area contributed by atoms with Gasteiger partial charge >= 0.3 is 0 Å². The lowest BCUT2D eigenvalue weighted by atomic mass is 10.4. The van der Waals surface area contributed by atoms with Gasteiger partial charge < -0.3 is 0 Å². The van der Waals surface area contributed by atoms with Crippen LogP contribution in [0.25, 0.3) is 0 Å². The summed E-state index contributed by atoms with van der Waals surface area (Å²) in [4.78, 5) is 0. The summed E-state index contributed by atoms with van der Waals surface area (Å²) in [6, 6.07) is 12.0. The van der Waals surface area contributed by atoms with E-state index in [2.05, 4.69) is 13.8 Å². The zero-order valence-electron chi connectivity index (χ0n) is 6.99. The third kappa shape index (κ3) is 22.5. The summed E-state index contributed by atoms with van der Waals surface area (Å²) in [6.07, 6.45) is 1.25. The van der Waals surface area contributed by atoms with Crippen molar-refractivity contribution in [1.82, 2.24) is 0 Å². The SMILES string of the molecule is CCC.Cl.Cl.[SiH4].c1ccccc1. The van der Waals surface area contributed by atoms with Crippen LogP contribution in [0.4, 0.5) is 0 Å². The van der Waals surface area contributed by atoms with Gasteiger partial charge in [0.2, 0.25) is 0 Å². The van der Waals surface area contributed by atoms with E-state index >= 15 is 0 Å². The topological polar surface area (TPSA) is 0 Å². The fourth-order valence-corrected chi connectivity index (χ4v) is 0.385. The van der Waals surface area contributed by atoms with Gasteiger partial charge in [-0.2, -0.15) is 0 Å². The average Bonchev–Trinajstić information content (AvgIpc) is 1.93. The van der Waals surface area contributed by atoms with Crippen molar-refractivity contribution < 1.29 is 0 Å². The van der Waals surface area contributed by atoms with Crippen molar-refractivity contribution in [2.45, 2.75) is 20.3 Å². The fraction of sp³-hybridized carbons (Fsp3) is 0.333. The molecule has 0 heterocycles. The molecule has 0 nitrogen and oxygen atoms in total. The molecule has 3 heteroatoms. The second-order valence-corrected chi connectivity index (χ2v) is 1.86. The molecule has 0 N–H and O–H groups in total. The van der Waals surface area contributed by atoms with Gasteiger partial charge in [0.15, 0.2) is 0 Å². The van der Waals surface area contributed by atoms with Gasteiger partial charge in [0.25, 0.3) is 0 Å². The number of hydrogen-bond donors (Lipinski definition) is 0. The summed E-state index contributed by atoms with van der Waals surface area (Å²) in [7, 11) is 0. The van der Waals surface area contributed by atoms with Gasteiger partial charge in [-0.1, -0.05) is 56.7 Å². The molecule has 0 atom stereocenters. The Bertz CT molecular complexity index is 95.4. The predicted molar refractivity (Wildman–Crippen MR) is 68.2 cm³/mol. The van der Waals surface area contributed by atoms with E-state index in [0.717, 1.165) is 0 Å². The maximum absolute atomic E-state index is 2.12. The highest BCUT2D eigenvalue weighted by molar-refractivity contribution is 5.85. The molecule has 0 aliphatic carbocycles. The largest absolute Gasteiger partial charge is 0.147 e. The van der Waals surface area contributed by atoms with Crippen LogP contribution in [0.3, 0.4) is 0 Å². The van der Waals surface area contributed by atoms with Gasteiger partial charge in [0, 0.05) is 0 Å². The highest BCUT2D eigenvalue weighted by Crippen LogP contribution is 1.79. The molecule has 0 fully saturated rings. The second-order valence-electron chi connectivity index (χ2n) is 1.86. The maximum atomic E-state index is 2.12. The third-order valence-corrected chi connectivity index (χ3v) is 0.667. The first-order chi connectivity index (χ1) is 4.41. The van der Waals surface area contributed by atoms with Gasteiger partial charge in [-0.3, -0.25) is 0 Å². The molecule has 0 radical (unpaired) electrons. The molecular formula is C9H20Cl2Si. The monoisotopic (exact) mass is 226 g/mol. The molecule has 0 saturated carbocycles. The third-order valence-electron chi connectivity index (χ3n) is 0.667. The lowest BCUT2D eigenvalue weighted by Crippen LogP contribution is -1.47. The molecule has 0 unspecified atom stereocenters. The minimum Gasteiger partial charge on any atom is -0.147 e. The lowest BCUT2D eigenvalue weighted by molar-refractivity contribution is 1.09. The highest BCUT2D eigenvalue weighted by Gasteiger charge is 1.57. The Balaban J connectivity index is -0.0000000489. The first kappa shape index (κ1) is 22.7. The zero-order valence-corrected chi connectivity index (χ0v) is 8.62. The van der Waals surface area contributed by atoms with Crippen LogP contribution in [-0.4, -0.2) is 11.0 Å². The Morgan fingerprint density at radius 2 is 0.750 bits per heavy atom. The molecule has 74 valence electrons. The highest BCUT2D eigenvalue weighted by atomic mass is 35.5. The second kappa shape index (κ2) is 22.5. The van der Waals surface area contributed by atoms with E-state index in [1.54, 1.807) is 0 Å². The predicted octanol–water partition coefficient (Wildman–Crippen LogP) is 2.49. The molecule has 1 aromatic rings. The van der Waals surface area contributed by atoms with E-state index in [-0.39, 0.29) is 35.8 Å². The van der Waals surface area contributed by atoms with E-state index in [0.29, 0.717) is 0 Å². The van der Waals surface area contributed by atoms with Crippen molar-refractivity contribution in [3.8, 4) is 0 Å². The van der Waals surface area contributed by atoms with Gasteiger partial charge in [-0.25, -0.2) is 0 Å². The van der Waals surface area contributed by atoms with Crippen molar-refractivity contribution in [3.63, 3.8) is 0 Å². The Labute approximate surface area is 92.6 Å². The van der Waals surface area contributed by atoms with Crippen molar-refractivity contribution in [1.29, 1.82) is 0 Å². The smallest absolute Gasteiger partial charge is 0.0149 e. The summed E-state index contributed by atoms with van der Waals surface area (Å²) in [5.41, 5.74) is 0. The van der Waals surface area contributed by atoms with Crippen molar-refractivity contribution in [2.24, 2.45) is 0 Å². The van der Waals surface area contributed by atoms with Crippen molar-refractivity contribution in [3.05, 3.63) is 36.4 Å². The Hall–Kier alpha value is 0.0169. The van der Waals surface area contributed by atoms with E-state index in [4.69, 9.17) is 0 Å². The number of benzene rings is 1. The molecular weight excluding hydrogens is 207 g/mol. The first-order valence-corrected chi connectivity index (χ1v) is 3.41. The van der Waals surface area contributed by atoms with Crippen LogP contribution in [-0.2, 0) is 0 Å². The maximum Gasteiger partial charge on any atom is -0.0149 e. The summed E-state index contributed by atoms with van der Waals surface area (Å²) in [5.74, 6) is 0. The van der Waals surface area contributed by atoms with Gasteiger partial charge in [0.1, 0.15) is 0 Å². The number of halogens is 2. The molecule has 0 bridgehead atoms. The standard InChI is InChI=1S/C6H6.C3H8.2ClH.H4Si/c1-2-4-6-5-3-1;1-3-2;;;/h1-6H;3H2,1-2H3;2*1H;1H4. The van der Waals surface area contributed by atoms with E-state index in [1.807, 2.05) is 36.4 Å². The fourth-order valence-electron chi connectivity index (χ4n) is 0.385. The van der Waals surface area contributed by atoms with Crippen LogP contribution in [0.2, 0.25) is 0 Å². The molecule has 0 saturated heterocycles. The zero-order chi connectivity index (χ0) is 6.95. The van der Waals surface area contributed by atoms with Crippen LogP contribution in [0.15, 0.2) is 36.4 Å². The van der Waals surface area contributed by atoms with Crippen LogP contribution in [0.1, 0.15) is 20.3 Å². The summed E-state index contributed by atoms with van der Waals surface area (Å²) in [5, 5.41) is 0. The molecule has 0 aliphatic rings. The van der Waals surface area contributed by atoms with Crippen molar-refractivity contribution in [2.75, 3.05) is 0 Å². The van der Waals surface area contributed by atoms with E-state index < -0.39 is 0 Å². The van der Waals surface area contributed by atoms with E-state index in [1.165, 1.54) is 6.42 Å². The number of hydrogen-bond acceptors (Lipinski definition) is 0. The molecule has 1 aromatic carbocycles. The Kier molecular flexibility index (Phi) is 42.5. The van der Waals surface area contributed by atoms with Gasteiger partial charge in [0.05, 0.1) is 0 Å². The van der Waals surface area contributed by atoms with Crippen LogP contribution >= 0.6 is 24.8 Å². The molecule has 0 amide bonds. The molecule has 1 rings (SSSR count). The van der Waals surface area contributed by atoms with Gasteiger partial charge in [-0.15, -0.1) is 24.8 Å². The van der Waals surface area contributed by atoms with Crippen LogP contribution < -0.4 is 0 Å². The average molecular weight is 227 g/mol. The summed E-state index contributed by atoms with van der Waals surface area (Å²) < 4.78 is 0. The Morgan fingerprint density at radius 3 is 0.833 bits per heavy atom. The minimum absolute atomic E-state index is 0. The van der Waals surface area contributed by atoms with Crippen LogP contribution in [0, 0.1) is 0 Å². The quantitative estimate of drug-likeness (QED) is 0.597. The first-order valence-electron chi connectivity index (χ1n) is 3.41.